The van der Waals surface area contributed by atoms with E-state index in [0.29, 0.717) is 0 Å². The summed E-state index contributed by atoms with van der Waals surface area (Å²) in [6, 6.07) is 12.5. The molecule has 0 aliphatic heterocycles. The molecular weight excluding hydrogens is 446 g/mol. The van der Waals surface area contributed by atoms with E-state index in [1.807, 2.05) is 13.8 Å². The fourth-order valence-corrected chi connectivity index (χ4v) is 2.46. The van der Waals surface area contributed by atoms with Crippen LogP contribution in [0.5, 0.6) is 0 Å². The molecule has 0 saturated carbocycles. The minimum absolute atomic E-state index is 0.106. The molecule has 0 radical (unpaired) electrons. The molecule has 138 valence electrons. The Bertz CT molecular complexity index is 677. The summed E-state index contributed by atoms with van der Waals surface area (Å²) >= 11 is -0.106. The Balaban J connectivity index is 0.000000970. The van der Waals surface area contributed by atoms with Crippen LogP contribution >= 0.6 is 19.1 Å². The molecule has 0 saturated heterocycles. The summed E-state index contributed by atoms with van der Waals surface area (Å²) in [5, 5.41) is 0. The number of aryl methyl sites for hydroxylation is 4. The van der Waals surface area contributed by atoms with Gasteiger partial charge in [0.25, 0.3) is 0 Å². The fourth-order valence-electron chi connectivity index (χ4n) is 2.46. The van der Waals surface area contributed by atoms with Gasteiger partial charge in [-0.2, -0.15) is 0 Å². The average molecular weight is 470 g/mol. The first-order valence-corrected chi connectivity index (χ1v) is 11.9. The number of hydrogen-bond donors (Lipinski definition) is 0. The van der Waals surface area contributed by atoms with Gasteiger partial charge in [0.2, 0.25) is 0 Å². The Morgan fingerprint density at radius 1 is 0.680 bits per heavy atom. The predicted octanol–water partition coefficient (Wildman–Crippen LogP) is 7.18. The van der Waals surface area contributed by atoms with Gasteiger partial charge in [0.1, 0.15) is 0 Å². The molecule has 0 N–H and O–H groups in total. The van der Waals surface area contributed by atoms with E-state index >= 15 is 0 Å². The zero-order valence-corrected chi connectivity index (χ0v) is 18.5. The van der Waals surface area contributed by atoms with Crippen molar-refractivity contribution in [2.75, 3.05) is 0 Å². The molecule has 0 amide bonds. The van der Waals surface area contributed by atoms with E-state index in [0.717, 1.165) is 22.8 Å². The number of aliphatic imine (C=N–C) groups is 2. The molecule has 2 rings (SSSR count). The van der Waals surface area contributed by atoms with Crippen LogP contribution in [-0.2, 0) is 15.9 Å². The van der Waals surface area contributed by atoms with Crippen molar-refractivity contribution in [3.05, 3.63) is 58.7 Å². The number of rotatable bonds is 3. The summed E-state index contributed by atoms with van der Waals surface area (Å²) in [5.74, 6) is 0. The Labute approximate surface area is 167 Å². The van der Waals surface area contributed by atoms with E-state index in [1.165, 1.54) is 22.3 Å². The van der Waals surface area contributed by atoms with Crippen LogP contribution in [0.15, 0.2) is 46.4 Å². The molecule has 2 aromatic carbocycles. The molecule has 0 bridgehead atoms. The second-order valence-corrected chi connectivity index (χ2v) is 8.28. The van der Waals surface area contributed by atoms with Crippen LogP contribution in [0.25, 0.3) is 0 Å². The first-order valence-electron chi connectivity index (χ1n) is 7.87. The third-order valence-corrected chi connectivity index (χ3v) is 3.96. The summed E-state index contributed by atoms with van der Waals surface area (Å²) in [7, 11) is 9.63. The van der Waals surface area contributed by atoms with Crippen LogP contribution in [0.2, 0.25) is 0 Å². The maximum atomic E-state index is 4.81. The van der Waals surface area contributed by atoms with Gasteiger partial charge in [0, 0.05) is 0 Å². The molecule has 0 unspecified atom stereocenters. The second kappa shape index (κ2) is 10.9. The van der Waals surface area contributed by atoms with Crippen LogP contribution in [0.1, 0.15) is 36.1 Å². The van der Waals surface area contributed by atoms with E-state index in [-0.39, 0.29) is 15.9 Å². The summed E-state index contributed by atoms with van der Waals surface area (Å²) in [6.07, 6.45) is 0. The molecule has 0 aromatic heterocycles. The van der Waals surface area contributed by atoms with Crippen LogP contribution in [-0.4, -0.2) is 11.4 Å². The van der Waals surface area contributed by atoms with Gasteiger partial charge in [-0.25, -0.2) is 0 Å². The van der Waals surface area contributed by atoms with Gasteiger partial charge in [0.05, 0.1) is 22.8 Å². The SMILES string of the molecule is CC(=Nc1c(C)cccc1C)C(C)=Nc1c(C)cccc1C.[Cl][Pd][Cl]. The topological polar surface area (TPSA) is 24.7 Å². The van der Waals surface area contributed by atoms with Crippen molar-refractivity contribution in [2.45, 2.75) is 41.5 Å². The molecule has 2 aromatic rings. The third-order valence-electron chi connectivity index (χ3n) is 3.96. The monoisotopic (exact) mass is 468 g/mol. The molecule has 0 atom stereocenters. The number of benzene rings is 2. The van der Waals surface area contributed by atoms with Gasteiger partial charge in [0.15, 0.2) is 0 Å². The van der Waals surface area contributed by atoms with E-state index in [9.17, 15) is 0 Å². The Morgan fingerprint density at radius 2 is 0.920 bits per heavy atom. The third kappa shape index (κ3) is 6.68. The summed E-state index contributed by atoms with van der Waals surface area (Å²) < 4.78 is 0. The predicted molar refractivity (Wildman–Crippen MR) is 109 cm³/mol. The van der Waals surface area contributed by atoms with Crippen molar-refractivity contribution in [2.24, 2.45) is 9.98 Å². The van der Waals surface area contributed by atoms with Gasteiger partial charge in [-0.1, -0.05) is 36.4 Å². The van der Waals surface area contributed by atoms with Gasteiger partial charge in [-0.05, 0) is 63.8 Å². The standard InChI is InChI=1S/C20H24N2.2ClH.Pd/c1-13-9-7-10-14(2)19(13)21-17(5)18(6)22-20-15(3)11-8-12-16(20)4;;;/h7-12H,1-6H3;2*1H;/q;;;+2/p-2. The molecule has 5 heteroatoms. The molecule has 0 spiro atoms. The molecule has 0 aliphatic carbocycles. The summed E-state index contributed by atoms with van der Waals surface area (Å²) in [5.41, 5.74) is 8.80. The fraction of sp³-hybridized carbons (Fsp3) is 0.300. The van der Waals surface area contributed by atoms with E-state index in [2.05, 4.69) is 64.1 Å². The number of nitrogens with zero attached hydrogens (tertiary/aromatic N) is 2. The van der Waals surface area contributed by atoms with Crippen LogP contribution in [0, 0.1) is 27.7 Å². The molecule has 2 nitrogen and oxygen atoms in total. The second-order valence-electron chi connectivity index (χ2n) is 5.92. The zero-order valence-electron chi connectivity index (χ0n) is 15.4. The number of para-hydroxylation sites is 2. The summed E-state index contributed by atoms with van der Waals surface area (Å²) in [6.45, 7) is 12.4. The number of hydrogen-bond acceptors (Lipinski definition) is 2. The van der Waals surface area contributed by atoms with Gasteiger partial charge in [-0.3, -0.25) is 9.98 Å². The molecule has 0 fully saturated rings. The Kier molecular flexibility index (Phi) is 9.61. The van der Waals surface area contributed by atoms with Crippen molar-refractivity contribution in [1.29, 1.82) is 0 Å². The first-order chi connectivity index (χ1) is 11.8. The van der Waals surface area contributed by atoms with E-state index in [4.69, 9.17) is 29.0 Å². The average Bonchev–Trinajstić information content (AvgIpc) is 2.55. The molecular formula is C20H24Cl2N2Pd. The Morgan fingerprint density at radius 3 is 1.16 bits per heavy atom. The quantitative estimate of drug-likeness (QED) is 0.336. The minimum atomic E-state index is -0.106. The normalized spacial score (nSPS) is 12.0. The summed E-state index contributed by atoms with van der Waals surface area (Å²) in [4.78, 5) is 9.60. The van der Waals surface area contributed by atoms with E-state index in [1.54, 1.807) is 0 Å². The van der Waals surface area contributed by atoms with Crippen molar-refractivity contribution in [1.82, 2.24) is 0 Å². The van der Waals surface area contributed by atoms with Crippen molar-refractivity contribution in [3.8, 4) is 0 Å². The Hall–Kier alpha value is -0.978. The van der Waals surface area contributed by atoms with Crippen LogP contribution < -0.4 is 0 Å². The zero-order chi connectivity index (χ0) is 19.0. The van der Waals surface area contributed by atoms with E-state index < -0.39 is 0 Å². The van der Waals surface area contributed by atoms with Crippen molar-refractivity contribution >= 4 is 41.9 Å². The van der Waals surface area contributed by atoms with Crippen LogP contribution in [0.4, 0.5) is 11.4 Å². The van der Waals surface area contributed by atoms with Gasteiger partial charge < -0.3 is 0 Å². The molecule has 0 heterocycles. The van der Waals surface area contributed by atoms with Crippen molar-refractivity contribution < 1.29 is 15.9 Å². The van der Waals surface area contributed by atoms with Crippen LogP contribution in [0.3, 0.4) is 0 Å². The maximum absolute atomic E-state index is 4.81. The molecule has 0 aliphatic rings. The van der Waals surface area contributed by atoms with Crippen molar-refractivity contribution in [3.63, 3.8) is 0 Å². The van der Waals surface area contributed by atoms with Gasteiger partial charge >= 0.3 is 35.0 Å². The molecule has 25 heavy (non-hydrogen) atoms. The first kappa shape index (κ1) is 22.1. The number of halogens is 2. The van der Waals surface area contributed by atoms with Gasteiger partial charge in [-0.15, -0.1) is 0 Å².